The average Bonchev–Trinajstić information content (AvgIpc) is 2.79. The number of fused-ring (bicyclic) bond motifs is 1. The molecule has 21 heavy (non-hydrogen) atoms. The molecule has 0 bridgehead atoms. The van der Waals surface area contributed by atoms with Crippen LogP contribution in [0.15, 0.2) is 24.4 Å². The number of hydrogen-bond donors (Lipinski definition) is 2. The zero-order valence-corrected chi connectivity index (χ0v) is 12.9. The fraction of sp³-hybridized carbons (Fsp3) is 0.438. The summed E-state index contributed by atoms with van der Waals surface area (Å²) in [5.74, 6) is 0.737. The third-order valence-electron chi connectivity index (χ3n) is 3.37. The first kappa shape index (κ1) is 15.4. The van der Waals surface area contributed by atoms with Gasteiger partial charge in [-0.15, -0.1) is 0 Å². The standard InChI is InChI=1S/C16H22N2O3/c1-16(2,20)10-18(3)15(19)7-11-9-17-14-6-5-12(21-4)8-13(11)14/h5-6,8-9,17,20H,7,10H2,1-4H3. The second-order valence-corrected chi connectivity index (χ2v) is 5.96. The molecule has 2 aromatic rings. The molecular weight excluding hydrogens is 268 g/mol. The quantitative estimate of drug-likeness (QED) is 0.884. The number of amides is 1. The van der Waals surface area contributed by atoms with Crippen molar-refractivity contribution in [1.29, 1.82) is 0 Å². The van der Waals surface area contributed by atoms with Crippen LogP contribution in [-0.2, 0) is 11.2 Å². The lowest BCUT2D eigenvalue weighted by Crippen LogP contribution is -2.40. The highest BCUT2D eigenvalue weighted by Crippen LogP contribution is 2.24. The van der Waals surface area contributed by atoms with Crippen molar-refractivity contribution in [2.45, 2.75) is 25.9 Å². The molecule has 0 aliphatic carbocycles. The predicted octanol–water partition coefficient (Wildman–Crippen LogP) is 1.95. The van der Waals surface area contributed by atoms with Crippen molar-refractivity contribution in [2.24, 2.45) is 0 Å². The van der Waals surface area contributed by atoms with Gasteiger partial charge in [0.15, 0.2) is 0 Å². The van der Waals surface area contributed by atoms with Gasteiger partial charge in [-0.3, -0.25) is 4.79 Å². The molecule has 0 saturated carbocycles. The molecule has 0 radical (unpaired) electrons. The summed E-state index contributed by atoms with van der Waals surface area (Å²) in [6, 6.07) is 5.73. The minimum Gasteiger partial charge on any atom is -0.497 e. The maximum Gasteiger partial charge on any atom is 0.226 e. The Kier molecular flexibility index (Phi) is 4.23. The molecule has 114 valence electrons. The van der Waals surface area contributed by atoms with E-state index in [2.05, 4.69) is 4.98 Å². The van der Waals surface area contributed by atoms with Crippen LogP contribution in [0.4, 0.5) is 0 Å². The van der Waals surface area contributed by atoms with Gasteiger partial charge in [-0.2, -0.15) is 0 Å². The molecule has 5 nitrogen and oxygen atoms in total. The van der Waals surface area contributed by atoms with E-state index < -0.39 is 5.60 Å². The van der Waals surface area contributed by atoms with E-state index in [-0.39, 0.29) is 5.91 Å². The molecule has 2 rings (SSSR count). The number of nitrogens with zero attached hydrogens (tertiary/aromatic N) is 1. The van der Waals surface area contributed by atoms with E-state index in [0.717, 1.165) is 22.2 Å². The van der Waals surface area contributed by atoms with Crippen LogP contribution in [0.5, 0.6) is 5.75 Å². The number of benzene rings is 1. The van der Waals surface area contributed by atoms with Crippen LogP contribution in [0.3, 0.4) is 0 Å². The lowest BCUT2D eigenvalue weighted by atomic mass is 10.1. The molecule has 0 aliphatic rings. The number of aromatic amines is 1. The van der Waals surface area contributed by atoms with Gasteiger partial charge in [0.1, 0.15) is 5.75 Å². The van der Waals surface area contributed by atoms with Crippen LogP contribution >= 0.6 is 0 Å². The van der Waals surface area contributed by atoms with E-state index >= 15 is 0 Å². The van der Waals surface area contributed by atoms with Gasteiger partial charge in [-0.05, 0) is 37.6 Å². The molecule has 0 aliphatic heterocycles. The average molecular weight is 290 g/mol. The predicted molar refractivity (Wildman–Crippen MR) is 82.5 cm³/mol. The molecule has 0 fully saturated rings. The molecule has 2 N–H and O–H groups in total. The number of likely N-dealkylation sites (N-methyl/N-ethyl adjacent to an activating group) is 1. The van der Waals surface area contributed by atoms with Crippen molar-refractivity contribution in [3.8, 4) is 5.75 Å². The Labute approximate surface area is 124 Å². The Bertz CT molecular complexity index is 640. The van der Waals surface area contributed by atoms with Crippen LogP contribution < -0.4 is 4.74 Å². The number of ether oxygens (including phenoxy) is 1. The van der Waals surface area contributed by atoms with Gasteiger partial charge in [0, 0.05) is 30.7 Å². The summed E-state index contributed by atoms with van der Waals surface area (Å²) < 4.78 is 5.22. The van der Waals surface area contributed by atoms with E-state index in [9.17, 15) is 9.90 Å². The molecule has 0 atom stereocenters. The fourth-order valence-corrected chi connectivity index (χ4v) is 2.40. The first-order valence-corrected chi connectivity index (χ1v) is 6.90. The lowest BCUT2D eigenvalue weighted by molar-refractivity contribution is -0.131. The van der Waals surface area contributed by atoms with Crippen LogP contribution in [-0.4, -0.2) is 47.2 Å². The summed E-state index contributed by atoms with van der Waals surface area (Å²) in [6.45, 7) is 3.68. The van der Waals surface area contributed by atoms with Crippen LogP contribution in [0.1, 0.15) is 19.4 Å². The van der Waals surface area contributed by atoms with Gasteiger partial charge in [0.2, 0.25) is 5.91 Å². The number of carbonyl (C=O) groups excluding carboxylic acids is 1. The Morgan fingerprint density at radius 1 is 1.43 bits per heavy atom. The number of aliphatic hydroxyl groups is 1. The van der Waals surface area contributed by atoms with Crippen LogP contribution in [0.2, 0.25) is 0 Å². The van der Waals surface area contributed by atoms with Gasteiger partial charge in [-0.1, -0.05) is 0 Å². The Morgan fingerprint density at radius 2 is 2.14 bits per heavy atom. The smallest absolute Gasteiger partial charge is 0.226 e. The van der Waals surface area contributed by atoms with Crippen LogP contribution in [0.25, 0.3) is 10.9 Å². The molecule has 1 heterocycles. The van der Waals surface area contributed by atoms with Crippen molar-refractivity contribution >= 4 is 16.8 Å². The van der Waals surface area contributed by atoms with E-state index in [4.69, 9.17) is 4.74 Å². The van der Waals surface area contributed by atoms with Gasteiger partial charge >= 0.3 is 0 Å². The lowest BCUT2D eigenvalue weighted by Gasteiger charge is -2.25. The van der Waals surface area contributed by atoms with E-state index in [1.54, 1.807) is 32.9 Å². The summed E-state index contributed by atoms with van der Waals surface area (Å²) in [5, 5.41) is 10.8. The number of carbonyl (C=O) groups is 1. The van der Waals surface area contributed by atoms with Crippen molar-refractivity contribution in [1.82, 2.24) is 9.88 Å². The van der Waals surface area contributed by atoms with Crippen molar-refractivity contribution in [3.05, 3.63) is 30.0 Å². The van der Waals surface area contributed by atoms with E-state index in [1.165, 1.54) is 0 Å². The SMILES string of the molecule is COc1ccc2[nH]cc(CC(=O)N(C)CC(C)(C)O)c2c1. The maximum atomic E-state index is 12.3. The summed E-state index contributed by atoms with van der Waals surface area (Å²) >= 11 is 0. The monoisotopic (exact) mass is 290 g/mol. The molecule has 1 amide bonds. The minimum absolute atomic E-state index is 0.0270. The highest BCUT2D eigenvalue weighted by molar-refractivity contribution is 5.89. The van der Waals surface area contributed by atoms with Gasteiger partial charge in [-0.25, -0.2) is 0 Å². The maximum absolute atomic E-state index is 12.3. The highest BCUT2D eigenvalue weighted by atomic mass is 16.5. The molecule has 1 aromatic carbocycles. The number of rotatable bonds is 5. The van der Waals surface area contributed by atoms with Gasteiger partial charge in [0.25, 0.3) is 0 Å². The third kappa shape index (κ3) is 3.76. The second-order valence-electron chi connectivity index (χ2n) is 5.96. The molecule has 0 unspecified atom stereocenters. The van der Waals surface area contributed by atoms with E-state index in [1.807, 2.05) is 24.4 Å². The number of hydrogen-bond acceptors (Lipinski definition) is 3. The largest absolute Gasteiger partial charge is 0.497 e. The van der Waals surface area contributed by atoms with Crippen molar-refractivity contribution in [3.63, 3.8) is 0 Å². The van der Waals surface area contributed by atoms with Crippen LogP contribution in [0, 0.1) is 0 Å². The van der Waals surface area contributed by atoms with Gasteiger partial charge < -0.3 is 19.7 Å². The van der Waals surface area contributed by atoms with E-state index in [0.29, 0.717) is 13.0 Å². The minimum atomic E-state index is -0.895. The molecule has 5 heteroatoms. The Morgan fingerprint density at radius 3 is 2.76 bits per heavy atom. The molecular formula is C16H22N2O3. The summed E-state index contributed by atoms with van der Waals surface area (Å²) in [6.07, 6.45) is 2.14. The Balaban J connectivity index is 2.17. The third-order valence-corrected chi connectivity index (χ3v) is 3.37. The summed E-state index contributed by atoms with van der Waals surface area (Å²) in [5.41, 5.74) is 1.01. The number of H-pyrrole nitrogens is 1. The first-order valence-electron chi connectivity index (χ1n) is 6.90. The topological polar surface area (TPSA) is 65.6 Å². The summed E-state index contributed by atoms with van der Waals surface area (Å²) in [7, 11) is 3.32. The normalized spacial score (nSPS) is 11.7. The number of methoxy groups -OCH3 is 1. The number of nitrogens with one attached hydrogen (secondary N) is 1. The number of aromatic nitrogens is 1. The van der Waals surface area contributed by atoms with Crippen molar-refractivity contribution in [2.75, 3.05) is 20.7 Å². The zero-order chi connectivity index (χ0) is 15.6. The molecule has 0 spiro atoms. The fourth-order valence-electron chi connectivity index (χ4n) is 2.40. The van der Waals surface area contributed by atoms with Crippen molar-refractivity contribution < 1.29 is 14.6 Å². The van der Waals surface area contributed by atoms with Gasteiger partial charge in [0.05, 0.1) is 19.1 Å². The highest BCUT2D eigenvalue weighted by Gasteiger charge is 2.20. The first-order chi connectivity index (χ1) is 9.80. The molecule has 1 aromatic heterocycles. The second kappa shape index (κ2) is 5.77. The summed E-state index contributed by atoms with van der Waals surface area (Å²) in [4.78, 5) is 17.0. The Hall–Kier alpha value is -2.01. The molecule has 0 saturated heterocycles. The zero-order valence-electron chi connectivity index (χ0n) is 12.9.